The van der Waals surface area contributed by atoms with E-state index < -0.39 is 0 Å². The third-order valence-corrected chi connectivity index (χ3v) is 2.82. The van der Waals surface area contributed by atoms with Crippen molar-refractivity contribution in [3.63, 3.8) is 0 Å². The molecule has 1 saturated heterocycles. The van der Waals surface area contributed by atoms with E-state index in [0.29, 0.717) is 5.92 Å². The smallest absolute Gasteiger partial charge is 0.00192 e. The molecule has 2 unspecified atom stereocenters. The molecular weight excluding hydrogens is 162 g/mol. The van der Waals surface area contributed by atoms with Gasteiger partial charge in [-0.05, 0) is 51.5 Å². The number of hydrogen-bond acceptors (Lipinski definition) is 3. The molecule has 0 amide bonds. The molecule has 0 radical (unpaired) electrons. The lowest BCUT2D eigenvalue weighted by atomic mass is 10.1. The molecule has 1 aliphatic rings. The second-order valence-corrected chi connectivity index (χ2v) is 4.42. The molecule has 3 N–H and O–H groups in total. The third kappa shape index (κ3) is 4.07. The number of nitrogens with two attached hydrogens (primary N) is 1. The van der Waals surface area contributed by atoms with Crippen LogP contribution in [0.4, 0.5) is 0 Å². The molecule has 3 nitrogen and oxygen atoms in total. The Hall–Kier alpha value is -0.120. The van der Waals surface area contributed by atoms with E-state index in [9.17, 15) is 0 Å². The van der Waals surface area contributed by atoms with Crippen molar-refractivity contribution in [2.75, 3.05) is 39.8 Å². The van der Waals surface area contributed by atoms with E-state index in [4.69, 9.17) is 5.73 Å². The minimum atomic E-state index is 0.610. The lowest BCUT2D eigenvalue weighted by Crippen LogP contribution is -2.31. The van der Waals surface area contributed by atoms with Crippen molar-refractivity contribution in [1.82, 2.24) is 10.2 Å². The first-order valence-corrected chi connectivity index (χ1v) is 5.31. The number of nitrogens with one attached hydrogen (secondary N) is 1. The van der Waals surface area contributed by atoms with E-state index in [2.05, 4.69) is 24.2 Å². The van der Waals surface area contributed by atoms with Crippen LogP contribution in [-0.4, -0.2) is 44.7 Å². The highest BCUT2D eigenvalue weighted by molar-refractivity contribution is 4.74. The number of likely N-dealkylation sites (tertiary alicyclic amines) is 1. The Morgan fingerprint density at radius 1 is 1.62 bits per heavy atom. The van der Waals surface area contributed by atoms with Crippen LogP contribution in [0.15, 0.2) is 0 Å². The summed E-state index contributed by atoms with van der Waals surface area (Å²) in [7, 11) is 2.20. The Bertz CT molecular complexity index is 138. The van der Waals surface area contributed by atoms with Crippen LogP contribution in [0.25, 0.3) is 0 Å². The second-order valence-electron chi connectivity index (χ2n) is 4.42. The minimum absolute atomic E-state index is 0.610. The van der Waals surface area contributed by atoms with E-state index in [1.165, 1.54) is 19.5 Å². The van der Waals surface area contributed by atoms with Gasteiger partial charge in [0.15, 0.2) is 0 Å². The molecule has 13 heavy (non-hydrogen) atoms. The van der Waals surface area contributed by atoms with Crippen molar-refractivity contribution in [1.29, 1.82) is 0 Å². The van der Waals surface area contributed by atoms with Crippen LogP contribution in [0, 0.1) is 11.8 Å². The number of hydrogen-bond donors (Lipinski definition) is 2. The molecule has 1 heterocycles. The number of nitrogens with zero attached hydrogens (tertiary/aromatic N) is 1. The van der Waals surface area contributed by atoms with Gasteiger partial charge in [-0.3, -0.25) is 0 Å². The summed E-state index contributed by atoms with van der Waals surface area (Å²) in [5.74, 6) is 1.47. The summed E-state index contributed by atoms with van der Waals surface area (Å²) in [4.78, 5) is 2.40. The maximum atomic E-state index is 5.54. The SMILES string of the molecule is CC(CN)CNCC1CCN(C)C1. The number of rotatable bonds is 5. The zero-order valence-corrected chi connectivity index (χ0v) is 8.92. The van der Waals surface area contributed by atoms with Crippen molar-refractivity contribution >= 4 is 0 Å². The summed E-state index contributed by atoms with van der Waals surface area (Å²) in [6, 6.07) is 0. The largest absolute Gasteiger partial charge is 0.330 e. The first kappa shape index (κ1) is 11.0. The summed E-state index contributed by atoms with van der Waals surface area (Å²) in [5, 5.41) is 3.49. The van der Waals surface area contributed by atoms with Gasteiger partial charge in [0.1, 0.15) is 0 Å². The van der Waals surface area contributed by atoms with Crippen LogP contribution in [0.5, 0.6) is 0 Å². The van der Waals surface area contributed by atoms with Gasteiger partial charge in [-0.2, -0.15) is 0 Å². The average molecular weight is 185 g/mol. The molecule has 2 atom stereocenters. The van der Waals surface area contributed by atoms with Crippen LogP contribution in [-0.2, 0) is 0 Å². The van der Waals surface area contributed by atoms with Crippen molar-refractivity contribution in [3.05, 3.63) is 0 Å². The summed E-state index contributed by atoms with van der Waals surface area (Å²) in [5.41, 5.74) is 5.54. The highest BCUT2D eigenvalue weighted by Gasteiger charge is 2.18. The molecule has 0 aromatic carbocycles. The highest BCUT2D eigenvalue weighted by Crippen LogP contribution is 2.12. The first-order chi connectivity index (χ1) is 6.22. The van der Waals surface area contributed by atoms with Gasteiger partial charge in [-0.25, -0.2) is 0 Å². The van der Waals surface area contributed by atoms with Gasteiger partial charge < -0.3 is 16.0 Å². The van der Waals surface area contributed by atoms with Crippen LogP contribution in [0.1, 0.15) is 13.3 Å². The lowest BCUT2D eigenvalue weighted by Gasteiger charge is -2.14. The van der Waals surface area contributed by atoms with Crippen LogP contribution in [0.2, 0.25) is 0 Å². The maximum absolute atomic E-state index is 5.54. The van der Waals surface area contributed by atoms with E-state index >= 15 is 0 Å². The normalized spacial score (nSPS) is 26.5. The van der Waals surface area contributed by atoms with Gasteiger partial charge in [-0.15, -0.1) is 0 Å². The highest BCUT2D eigenvalue weighted by atomic mass is 15.1. The van der Waals surface area contributed by atoms with E-state index in [0.717, 1.165) is 25.6 Å². The quantitative estimate of drug-likeness (QED) is 0.639. The Morgan fingerprint density at radius 3 is 2.92 bits per heavy atom. The predicted octanol–water partition coefficient (Wildman–Crippen LogP) is 0.123. The summed E-state index contributed by atoms with van der Waals surface area (Å²) in [6.07, 6.45) is 1.35. The molecule has 0 aromatic heterocycles. The summed E-state index contributed by atoms with van der Waals surface area (Å²) in [6.45, 7) is 7.72. The summed E-state index contributed by atoms with van der Waals surface area (Å²) >= 11 is 0. The van der Waals surface area contributed by atoms with E-state index in [1.54, 1.807) is 0 Å². The molecule has 3 heteroatoms. The molecule has 1 fully saturated rings. The molecule has 1 aliphatic heterocycles. The maximum Gasteiger partial charge on any atom is 0.00192 e. The van der Waals surface area contributed by atoms with Crippen LogP contribution >= 0.6 is 0 Å². The van der Waals surface area contributed by atoms with E-state index in [1.807, 2.05) is 0 Å². The fourth-order valence-corrected chi connectivity index (χ4v) is 1.81. The molecule has 0 aromatic rings. The van der Waals surface area contributed by atoms with Crippen molar-refractivity contribution in [3.8, 4) is 0 Å². The Morgan fingerprint density at radius 2 is 2.38 bits per heavy atom. The topological polar surface area (TPSA) is 41.3 Å². The van der Waals surface area contributed by atoms with Crippen LogP contribution in [0.3, 0.4) is 0 Å². The standard InChI is InChI=1S/C10H23N3/c1-9(5-11)6-12-7-10-3-4-13(2)8-10/h9-10,12H,3-8,11H2,1-2H3. The zero-order chi connectivity index (χ0) is 9.68. The fraction of sp³-hybridized carbons (Fsp3) is 1.00. The van der Waals surface area contributed by atoms with Crippen molar-refractivity contribution in [2.24, 2.45) is 17.6 Å². The lowest BCUT2D eigenvalue weighted by molar-refractivity contribution is 0.383. The van der Waals surface area contributed by atoms with Gasteiger partial charge >= 0.3 is 0 Å². The second kappa shape index (κ2) is 5.58. The molecule has 78 valence electrons. The molecule has 1 rings (SSSR count). The third-order valence-electron chi connectivity index (χ3n) is 2.82. The summed E-state index contributed by atoms with van der Waals surface area (Å²) < 4.78 is 0. The predicted molar refractivity (Wildman–Crippen MR) is 56.7 cm³/mol. The van der Waals surface area contributed by atoms with Gasteiger partial charge in [0.05, 0.1) is 0 Å². The Kier molecular flexibility index (Phi) is 4.70. The Labute approximate surface area is 81.7 Å². The van der Waals surface area contributed by atoms with Gasteiger partial charge in [0.25, 0.3) is 0 Å². The van der Waals surface area contributed by atoms with E-state index in [-0.39, 0.29) is 0 Å². The van der Waals surface area contributed by atoms with Crippen molar-refractivity contribution < 1.29 is 0 Å². The molecule has 0 bridgehead atoms. The van der Waals surface area contributed by atoms with Crippen molar-refractivity contribution in [2.45, 2.75) is 13.3 Å². The minimum Gasteiger partial charge on any atom is -0.330 e. The zero-order valence-electron chi connectivity index (χ0n) is 8.92. The molecule has 0 saturated carbocycles. The van der Waals surface area contributed by atoms with Gasteiger partial charge in [0.2, 0.25) is 0 Å². The Balaban J connectivity index is 2.00. The monoisotopic (exact) mass is 185 g/mol. The fourth-order valence-electron chi connectivity index (χ4n) is 1.81. The molecular formula is C10H23N3. The molecule has 0 aliphatic carbocycles. The average Bonchev–Trinajstić information content (AvgIpc) is 2.51. The van der Waals surface area contributed by atoms with Gasteiger partial charge in [-0.1, -0.05) is 6.92 Å². The first-order valence-electron chi connectivity index (χ1n) is 5.31. The van der Waals surface area contributed by atoms with Gasteiger partial charge in [0, 0.05) is 6.54 Å². The molecule has 0 spiro atoms. The van der Waals surface area contributed by atoms with Crippen LogP contribution < -0.4 is 11.1 Å².